The van der Waals surface area contributed by atoms with E-state index in [1.165, 1.54) is 6.33 Å². The van der Waals surface area contributed by atoms with Crippen LogP contribution in [0.15, 0.2) is 58.7 Å². The van der Waals surface area contributed by atoms with Gasteiger partial charge in [-0.05, 0) is 62.6 Å². The van der Waals surface area contributed by atoms with Gasteiger partial charge in [0.15, 0.2) is 0 Å². The first-order valence-corrected chi connectivity index (χ1v) is 10.9. The molecule has 0 radical (unpaired) electrons. The smallest absolute Gasteiger partial charge is 0.308 e. The molecular weight excluding hydrogens is 408 g/mol. The second-order valence-electron chi connectivity index (χ2n) is 7.36. The van der Waals surface area contributed by atoms with Crippen LogP contribution in [0.4, 0.5) is 16.2 Å². The number of nitrogens with zero attached hydrogens (tertiary/aromatic N) is 4. The molecule has 2 amide bonds. The fourth-order valence-corrected chi connectivity index (χ4v) is 4.78. The number of anilines is 2. The fraction of sp³-hybridized carbons (Fsp3) is 0.217. The summed E-state index contributed by atoms with van der Waals surface area (Å²) in [6.45, 7) is 8.10. The van der Waals surface area contributed by atoms with Crippen molar-refractivity contribution in [2.45, 2.75) is 44.0 Å². The van der Waals surface area contributed by atoms with Crippen LogP contribution in [0.3, 0.4) is 0 Å². The van der Waals surface area contributed by atoms with E-state index in [1.807, 2.05) is 57.2 Å². The molecular formula is C23H24N6OS. The molecule has 0 bridgehead atoms. The minimum atomic E-state index is -0.287. The van der Waals surface area contributed by atoms with E-state index in [0.29, 0.717) is 5.78 Å². The molecule has 0 spiro atoms. The van der Waals surface area contributed by atoms with Crippen LogP contribution in [0.1, 0.15) is 29.3 Å². The molecule has 8 heteroatoms. The van der Waals surface area contributed by atoms with Crippen molar-refractivity contribution in [3.63, 3.8) is 0 Å². The van der Waals surface area contributed by atoms with E-state index < -0.39 is 0 Å². The number of urea groups is 1. The Morgan fingerprint density at radius 2 is 1.81 bits per heavy atom. The van der Waals surface area contributed by atoms with Crippen molar-refractivity contribution < 1.29 is 4.79 Å². The summed E-state index contributed by atoms with van der Waals surface area (Å²) >= 11 is 1.54. The number of hydrogen-bond acceptors (Lipinski definition) is 5. The minimum absolute atomic E-state index is 0.287. The molecule has 0 aliphatic heterocycles. The summed E-state index contributed by atoms with van der Waals surface area (Å²) in [6.07, 6.45) is 2.33. The lowest BCUT2D eigenvalue weighted by molar-refractivity contribution is 0.262. The van der Waals surface area contributed by atoms with Gasteiger partial charge >= 0.3 is 6.03 Å². The number of carbonyl (C=O) groups is 1. The molecule has 2 heterocycles. The Labute approximate surface area is 185 Å². The summed E-state index contributed by atoms with van der Waals surface area (Å²) in [7, 11) is 0. The van der Waals surface area contributed by atoms with Crippen molar-refractivity contribution in [1.82, 2.24) is 19.6 Å². The van der Waals surface area contributed by atoms with Gasteiger partial charge in [-0.15, -0.1) is 0 Å². The minimum Gasteiger partial charge on any atom is -0.308 e. The van der Waals surface area contributed by atoms with Gasteiger partial charge in [0.25, 0.3) is 5.78 Å². The predicted octanol–water partition coefficient (Wildman–Crippen LogP) is 5.41. The highest BCUT2D eigenvalue weighted by molar-refractivity contribution is 7.99. The van der Waals surface area contributed by atoms with E-state index in [2.05, 4.69) is 38.7 Å². The van der Waals surface area contributed by atoms with E-state index in [4.69, 9.17) is 0 Å². The zero-order valence-electron chi connectivity index (χ0n) is 17.9. The Balaban J connectivity index is 1.62. The number of aryl methyl sites for hydroxylation is 3. The third-order valence-electron chi connectivity index (χ3n) is 4.86. The second-order valence-corrected chi connectivity index (χ2v) is 8.39. The lowest BCUT2D eigenvalue weighted by Crippen LogP contribution is -2.20. The van der Waals surface area contributed by atoms with Crippen molar-refractivity contribution in [2.75, 3.05) is 10.6 Å². The molecule has 0 unspecified atom stereocenters. The first-order valence-electron chi connectivity index (χ1n) is 10.1. The Bertz CT molecular complexity index is 1250. The Hall–Kier alpha value is -3.39. The molecule has 0 aliphatic carbocycles. The molecule has 4 rings (SSSR count). The van der Waals surface area contributed by atoms with Crippen LogP contribution in [0.25, 0.3) is 5.78 Å². The van der Waals surface area contributed by atoms with Crippen LogP contribution >= 0.6 is 11.8 Å². The maximum atomic E-state index is 12.7. The quantitative estimate of drug-likeness (QED) is 0.412. The highest BCUT2D eigenvalue weighted by Gasteiger charge is 2.17. The van der Waals surface area contributed by atoms with Crippen LogP contribution in [-0.2, 0) is 6.42 Å². The Morgan fingerprint density at radius 3 is 2.55 bits per heavy atom. The van der Waals surface area contributed by atoms with Crippen molar-refractivity contribution in [3.8, 4) is 0 Å². The van der Waals surface area contributed by atoms with Gasteiger partial charge in [-0.25, -0.2) is 9.78 Å². The van der Waals surface area contributed by atoms with Gasteiger partial charge in [-0.2, -0.15) is 14.6 Å². The Morgan fingerprint density at radius 1 is 1.06 bits per heavy atom. The van der Waals surface area contributed by atoms with Crippen LogP contribution in [0.5, 0.6) is 0 Å². The highest BCUT2D eigenvalue weighted by Crippen LogP contribution is 2.36. The first-order chi connectivity index (χ1) is 14.9. The molecule has 2 aromatic carbocycles. The van der Waals surface area contributed by atoms with Crippen LogP contribution in [0.2, 0.25) is 0 Å². The summed E-state index contributed by atoms with van der Waals surface area (Å²) in [4.78, 5) is 22.4. The molecule has 2 N–H and O–H groups in total. The van der Waals surface area contributed by atoms with E-state index in [1.54, 1.807) is 16.3 Å². The van der Waals surface area contributed by atoms with Crippen molar-refractivity contribution >= 4 is 34.9 Å². The zero-order valence-corrected chi connectivity index (χ0v) is 18.7. The highest BCUT2D eigenvalue weighted by atomic mass is 32.2. The average Bonchev–Trinajstić information content (AvgIpc) is 3.16. The molecule has 158 valence electrons. The van der Waals surface area contributed by atoms with Gasteiger partial charge < -0.3 is 10.6 Å². The lowest BCUT2D eigenvalue weighted by Gasteiger charge is -2.15. The number of aromatic nitrogens is 4. The molecule has 0 aliphatic rings. The number of nitrogens with one attached hydrogen (secondary N) is 2. The fourth-order valence-electron chi connectivity index (χ4n) is 3.56. The zero-order chi connectivity index (χ0) is 22.0. The largest absolute Gasteiger partial charge is 0.323 e. The molecule has 31 heavy (non-hydrogen) atoms. The summed E-state index contributed by atoms with van der Waals surface area (Å²) in [6, 6.07) is 13.4. The van der Waals surface area contributed by atoms with Crippen molar-refractivity contribution in [1.29, 1.82) is 0 Å². The van der Waals surface area contributed by atoms with Crippen molar-refractivity contribution in [3.05, 3.63) is 71.2 Å². The number of rotatable bonds is 5. The normalized spacial score (nSPS) is 11.0. The standard InChI is InChI=1S/C23H24N6OS/c1-5-18-16(4)26-22-24-13-25-29(22)21(18)31-20-9-7-6-8-19(20)28-23(30)27-17-11-14(2)10-15(3)12-17/h6-13H,5H2,1-4H3,(H2,27,28,30). The second kappa shape index (κ2) is 8.77. The third kappa shape index (κ3) is 4.54. The molecule has 0 saturated carbocycles. The number of para-hydroxylation sites is 1. The van der Waals surface area contributed by atoms with E-state index >= 15 is 0 Å². The van der Waals surface area contributed by atoms with Gasteiger partial charge in [0.05, 0.1) is 5.69 Å². The molecule has 7 nitrogen and oxygen atoms in total. The van der Waals surface area contributed by atoms with E-state index in [0.717, 1.165) is 50.1 Å². The van der Waals surface area contributed by atoms with Crippen LogP contribution in [-0.4, -0.2) is 25.6 Å². The summed E-state index contributed by atoms with van der Waals surface area (Å²) in [5.41, 5.74) is 5.73. The SMILES string of the molecule is CCc1c(C)nc2ncnn2c1Sc1ccccc1NC(=O)Nc1cc(C)cc(C)c1. The first kappa shape index (κ1) is 20.9. The summed E-state index contributed by atoms with van der Waals surface area (Å²) < 4.78 is 1.75. The number of fused-ring (bicyclic) bond motifs is 1. The van der Waals surface area contributed by atoms with Crippen LogP contribution < -0.4 is 10.6 Å². The molecule has 2 aromatic heterocycles. The van der Waals surface area contributed by atoms with Gasteiger partial charge in [-0.3, -0.25) is 0 Å². The van der Waals surface area contributed by atoms with Gasteiger partial charge in [0.2, 0.25) is 0 Å². The third-order valence-corrected chi connectivity index (χ3v) is 6.05. The topological polar surface area (TPSA) is 84.2 Å². The van der Waals surface area contributed by atoms with E-state index in [-0.39, 0.29) is 6.03 Å². The summed E-state index contributed by atoms with van der Waals surface area (Å²) in [5, 5.41) is 11.2. The average molecular weight is 433 g/mol. The number of amides is 2. The predicted molar refractivity (Wildman–Crippen MR) is 124 cm³/mol. The van der Waals surface area contributed by atoms with Gasteiger partial charge in [0, 0.05) is 21.8 Å². The van der Waals surface area contributed by atoms with Crippen molar-refractivity contribution in [2.24, 2.45) is 0 Å². The van der Waals surface area contributed by atoms with Gasteiger partial charge in [0.1, 0.15) is 11.4 Å². The monoisotopic (exact) mass is 432 g/mol. The molecule has 0 saturated heterocycles. The van der Waals surface area contributed by atoms with Gasteiger partial charge in [-0.1, -0.05) is 36.9 Å². The maximum Gasteiger partial charge on any atom is 0.323 e. The Kier molecular flexibility index (Phi) is 5.90. The molecule has 0 fully saturated rings. The maximum absolute atomic E-state index is 12.7. The number of hydrogen-bond donors (Lipinski definition) is 2. The summed E-state index contributed by atoms with van der Waals surface area (Å²) in [5.74, 6) is 0.565. The molecule has 4 aromatic rings. The molecule has 0 atom stereocenters. The number of benzene rings is 2. The lowest BCUT2D eigenvalue weighted by atomic mass is 10.1. The number of carbonyl (C=O) groups excluding carboxylic acids is 1. The van der Waals surface area contributed by atoms with Crippen LogP contribution in [0, 0.1) is 20.8 Å². The van der Waals surface area contributed by atoms with E-state index in [9.17, 15) is 4.79 Å².